The van der Waals surface area contributed by atoms with Crippen LogP contribution in [0.2, 0.25) is 0 Å². The third-order valence-electron chi connectivity index (χ3n) is 3.75. The highest BCUT2D eigenvalue weighted by Gasteiger charge is 2.31. The Kier molecular flexibility index (Phi) is 2.89. The summed E-state index contributed by atoms with van der Waals surface area (Å²) < 4.78 is 1.95. The first-order valence-corrected chi connectivity index (χ1v) is 7.30. The molecule has 0 spiro atoms. The van der Waals surface area contributed by atoms with Crippen molar-refractivity contribution in [3.63, 3.8) is 0 Å². The normalized spacial score (nSPS) is 16.8. The molecule has 4 rings (SSSR count). The number of pyridine rings is 1. The Morgan fingerprint density at radius 3 is 2.73 bits per heavy atom. The third kappa shape index (κ3) is 2.22. The van der Waals surface area contributed by atoms with E-state index in [0.717, 1.165) is 35.5 Å². The van der Waals surface area contributed by atoms with Crippen LogP contribution >= 0.6 is 0 Å². The third-order valence-corrected chi connectivity index (χ3v) is 3.75. The van der Waals surface area contributed by atoms with E-state index in [9.17, 15) is 0 Å². The fourth-order valence-corrected chi connectivity index (χ4v) is 2.47. The van der Waals surface area contributed by atoms with Gasteiger partial charge in [0.05, 0.1) is 0 Å². The lowest BCUT2D eigenvalue weighted by atomic mass is 10.3. The van der Waals surface area contributed by atoms with Gasteiger partial charge in [0.2, 0.25) is 5.95 Å². The average molecular weight is 292 g/mol. The Morgan fingerprint density at radius 2 is 1.95 bits per heavy atom. The predicted molar refractivity (Wildman–Crippen MR) is 83.9 cm³/mol. The standard InChI is InChI=1S/C16H16N6/c1-11-4-3-5-13(19-11)15-17-8-9-21(15)14-6-7-18-16(20-14)22-10-12(22)2/h3-9,12H,10H2,1-2H3. The van der Waals surface area contributed by atoms with Crippen LogP contribution < -0.4 is 4.90 Å². The second-order valence-electron chi connectivity index (χ2n) is 5.50. The first kappa shape index (κ1) is 12.9. The summed E-state index contributed by atoms with van der Waals surface area (Å²) in [7, 11) is 0. The van der Waals surface area contributed by atoms with Gasteiger partial charge in [-0.25, -0.2) is 15.0 Å². The minimum absolute atomic E-state index is 0.524. The molecule has 0 aliphatic carbocycles. The smallest absolute Gasteiger partial charge is 0.227 e. The van der Waals surface area contributed by atoms with E-state index in [1.165, 1.54) is 0 Å². The van der Waals surface area contributed by atoms with Crippen LogP contribution in [0.25, 0.3) is 17.3 Å². The number of imidazole rings is 1. The first-order chi connectivity index (χ1) is 10.7. The minimum atomic E-state index is 0.524. The average Bonchev–Trinajstić information content (AvgIpc) is 3.07. The maximum Gasteiger partial charge on any atom is 0.227 e. The Balaban J connectivity index is 1.77. The van der Waals surface area contributed by atoms with Crippen LogP contribution in [0.15, 0.2) is 42.9 Å². The molecule has 1 unspecified atom stereocenters. The van der Waals surface area contributed by atoms with E-state index in [4.69, 9.17) is 0 Å². The van der Waals surface area contributed by atoms with E-state index in [1.54, 1.807) is 12.4 Å². The molecule has 4 heterocycles. The molecule has 0 saturated carbocycles. The van der Waals surface area contributed by atoms with E-state index < -0.39 is 0 Å². The van der Waals surface area contributed by atoms with Crippen LogP contribution in [0, 0.1) is 6.92 Å². The number of hydrogen-bond donors (Lipinski definition) is 0. The zero-order chi connectivity index (χ0) is 15.1. The van der Waals surface area contributed by atoms with Crippen molar-refractivity contribution in [2.45, 2.75) is 19.9 Å². The molecule has 22 heavy (non-hydrogen) atoms. The molecule has 0 radical (unpaired) electrons. The Labute approximate surface area is 128 Å². The second kappa shape index (κ2) is 4.91. The summed E-state index contributed by atoms with van der Waals surface area (Å²) in [5.41, 5.74) is 1.80. The van der Waals surface area contributed by atoms with Crippen molar-refractivity contribution in [2.75, 3.05) is 11.4 Å². The highest BCUT2D eigenvalue weighted by molar-refractivity contribution is 5.54. The Bertz CT molecular complexity index is 825. The summed E-state index contributed by atoms with van der Waals surface area (Å²) in [6.45, 7) is 5.15. The summed E-state index contributed by atoms with van der Waals surface area (Å²) in [6.07, 6.45) is 5.45. The molecule has 1 aliphatic rings. The van der Waals surface area contributed by atoms with Crippen molar-refractivity contribution in [3.8, 4) is 17.3 Å². The van der Waals surface area contributed by atoms with Gasteiger partial charge >= 0.3 is 0 Å². The van der Waals surface area contributed by atoms with Crippen molar-refractivity contribution in [1.29, 1.82) is 0 Å². The molecule has 1 aliphatic heterocycles. The van der Waals surface area contributed by atoms with Crippen LogP contribution in [0.5, 0.6) is 0 Å². The fraction of sp³-hybridized carbons (Fsp3) is 0.250. The quantitative estimate of drug-likeness (QED) is 0.693. The maximum absolute atomic E-state index is 4.65. The lowest BCUT2D eigenvalue weighted by molar-refractivity contribution is 0.952. The van der Waals surface area contributed by atoms with Gasteiger partial charge in [0.15, 0.2) is 5.82 Å². The molecule has 110 valence electrons. The number of nitrogens with zero attached hydrogens (tertiary/aromatic N) is 6. The number of rotatable bonds is 3. The topological polar surface area (TPSA) is 59.5 Å². The predicted octanol–water partition coefficient (Wildman–Crippen LogP) is 2.24. The highest BCUT2D eigenvalue weighted by atomic mass is 15.4. The van der Waals surface area contributed by atoms with E-state index >= 15 is 0 Å². The molecule has 0 bridgehead atoms. The van der Waals surface area contributed by atoms with Crippen molar-refractivity contribution in [2.24, 2.45) is 0 Å². The number of hydrogen-bond acceptors (Lipinski definition) is 5. The lowest BCUT2D eigenvalue weighted by Crippen LogP contribution is -2.06. The summed E-state index contributed by atoms with van der Waals surface area (Å²) in [5, 5.41) is 0. The number of anilines is 1. The van der Waals surface area contributed by atoms with E-state index in [-0.39, 0.29) is 0 Å². The van der Waals surface area contributed by atoms with Crippen molar-refractivity contribution in [3.05, 3.63) is 48.5 Å². The van der Waals surface area contributed by atoms with Gasteiger partial charge in [-0.2, -0.15) is 4.98 Å². The monoisotopic (exact) mass is 292 g/mol. The van der Waals surface area contributed by atoms with Crippen LogP contribution in [0.1, 0.15) is 12.6 Å². The molecule has 0 N–H and O–H groups in total. The number of aryl methyl sites for hydroxylation is 1. The van der Waals surface area contributed by atoms with E-state index in [0.29, 0.717) is 6.04 Å². The Hall–Kier alpha value is -2.76. The van der Waals surface area contributed by atoms with E-state index in [1.807, 2.05) is 42.0 Å². The van der Waals surface area contributed by atoms with Gasteiger partial charge < -0.3 is 4.90 Å². The van der Waals surface area contributed by atoms with Crippen LogP contribution in [-0.4, -0.2) is 37.1 Å². The van der Waals surface area contributed by atoms with Crippen LogP contribution in [0.3, 0.4) is 0 Å². The summed E-state index contributed by atoms with van der Waals surface area (Å²) in [4.78, 5) is 20.1. The van der Waals surface area contributed by atoms with Gasteiger partial charge in [0, 0.05) is 36.9 Å². The molecule has 1 saturated heterocycles. The minimum Gasteiger partial charge on any atom is -0.334 e. The molecule has 6 heteroatoms. The van der Waals surface area contributed by atoms with Crippen molar-refractivity contribution >= 4 is 5.95 Å². The second-order valence-corrected chi connectivity index (χ2v) is 5.50. The fourth-order valence-electron chi connectivity index (χ4n) is 2.47. The van der Waals surface area contributed by atoms with Crippen molar-refractivity contribution < 1.29 is 0 Å². The zero-order valence-electron chi connectivity index (χ0n) is 12.5. The van der Waals surface area contributed by atoms with Gasteiger partial charge in [-0.1, -0.05) is 6.07 Å². The largest absolute Gasteiger partial charge is 0.334 e. The summed E-state index contributed by atoms with van der Waals surface area (Å²) >= 11 is 0. The SMILES string of the molecule is Cc1cccc(-c2nccn2-c2ccnc(N3CC3C)n2)n1. The van der Waals surface area contributed by atoms with Crippen molar-refractivity contribution in [1.82, 2.24) is 24.5 Å². The molecule has 1 atom stereocenters. The molecular formula is C16H16N6. The van der Waals surface area contributed by atoms with Gasteiger partial charge in [-0.05, 0) is 32.0 Å². The molecule has 0 aromatic carbocycles. The molecule has 3 aromatic rings. The van der Waals surface area contributed by atoms with Crippen LogP contribution in [0.4, 0.5) is 5.95 Å². The lowest BCUT2D eigenvalue weighted by Gasteiger charge is -2.09. The number of aromatic nitrogens is 5. The molecule has 0 amide bonds. The first-order valence-electron chi connectivity index (χ1n) is 7.30. The van der Waals surface area contributed by atoms with E-state index in [2.05, 4.69) is 31.8 Å². The highest BCUT2D eigenvalue weighted by Crippen LogP contribution is 2.25. The Morgan fingerprint density at radius 1 is 1.09 bits per heavy atom. The van der Waals surface area contributed by atoms with Crippen LogP contribution in [-0.2, 0) is 0 Å². The zero-order valence-corrected chi connectivity index (χ0v) is 12.5. The molecule has 3 aromatic heterocycles. The molecule has 1 fully saturated rings. The van der Waals surface area contributed by atoms with Gasteiger partial charge in [-0.3, -0.25) is 4.57 Å². The maximum atomic E-state index is 4.65. The molecule has 6 nitrogen and oxygen atoms in total. The summed E-state index contributed by atoms with van der Waals surface area (Å²) in [6, 6.07) is 8.33. The van der Waals surface area contributed by atoms with Gasteiger partial charge in [0.1, 0.15) is 11.5 Å². The molecular weight excluding hydrogens is 276 g/mol. The van der Waals surface area contributed by atoms with Gasteiger partial charge in [-0.15, -0.1) is 0 Å². The summed E-state index contributed by atoms with van der Waals surface area (Å²) in [5.74, 6) is 2.36. The van der Waals surface area contributed by atoms with Gasteiger partial charge in [0.25, 0.3) is 0 Å².